The van der Waals surface area contributed by atoms with Crippen molar-refractivity contribution < 1.29 is 0 Å². The van der Waals surface area contributed by atoms with Gasteiger partial charge < -0.3 is 10.2 Å². The van der Waals surface area contributed by atoms with Crippen LogP contribution in [0.15, 0.2) is 22.7 Å². The van der Waals surface area contributed by atoms with Gasteiger partial charge in [-0.05, 0) is 37.6 Å². The Kier molecular flexibility index (Phi) is 4.62. The van der Waals surface area contributed by atoms with Gasteiger partial charge in [-0.25, -0.2) is 0 Å². The Morgan fingerprint density at radius 3 is 2.94 bits per heavy atom. The quantitative estimate of drug-likeness (QED) is 0.933. The lowest BCUT2D eigenvalue weighted by atomic mass is 10.0. The minimum atomic E-state index is 0.563. The van der Waals surface area contributed by atoms with Crippen LogP contribution < -0.4 is 10.2 Å². The van der Waals surface area contributed by atoms with E-state index in [1.807, 2.05) is 12.1 Å². The van der Waals surface area contributed by atoms with Crippen LogP contribution in [0, 0.1) is 11.3 Å². The normalized spacial score (nSPS) is 19.3. The van der Waals surface area contributed by atoms with Crippen LogP contribution in [0.4, 0.5) is 5.69 Å². The first kappa shape index (κ1) is 13.4. The van der Waals surface area contributed by atoms with E-state index in [1.165, 1.54) is 19.3 Å². The molecular weight excluding hydrogens is 290 g/mol. The van der Waals surface area contributed by atoms with Crippen LogP contribution in [0.25, 0.3) is 0 Å². The van der Waals surface area contributed by atoms with Gasteiger partial charge in [-0.2, -0.15) is 5.26 Å². The van der Waals surface area contributed by atoms with Crippen LogP contribution in [0.1, 0.15) is 24.8 Å². The summed E-state index contributed by atoms with van der Waals surface area (Å²) in [7, 11) is 2.08. The molecule has 1 atom stereocenters. The zero-order valence-electron chi connectivity index (χ0n) is 10.6. The lowest BCUT2D eigenvalue weighted by Gasteiger charge is -2.29. The molecule has 1 unspecified atom stereocenters. The van der Waals surface area contributed by atoms with Crippen molar-refractivity contribution in [2.75, 3.05) is 25.0 Å². The van der Waals surface area contributed by atoms with Crippen molar-refractivity contribution in [3.05, 3.63) is 28.2 Å². The number of piperidine rings is 1. The summed E-state index contributed by atoms with van der Waals surface area (Å²) in [6.45, 7) is 2.11. The summed E-state index contributed by atoms with van der Waals surface area (Å²) in [6.07, 6.45) is 3.84. The fraction of sp³-hybridized carbons (Fsp3) is 0.500. The first-order valence-electron chi connectivity index (χ1n) is 6.34. The summed E-state index contributed by atoms with van der Waals surface area (Å²) < 4.78 is 0.958. The van der Waals surface area contributed by atoms with E-state index in [9.17, 15) is 0 Å². The molecule has 18 heavy (non-hydrogen) atoms. The third kappa shape index (κ3) is 3.47. The Morgan fingerprint density at radius 2 is 2.28 bits per heavy atom. The van der Waals surface area contributed by atoms with E-state index < -0.39 is 0 Å². The van der Waals surface area contributed by atoms with E-state index in [2.05, 4.69) is 45.3 Å². The highest BCUT2D eigenvalue weighted by atomic mass is 79.9. The lowest BCUT2D eigenvalue weighted by Crippen LogP contribution is -2.42. The van der Waals surface area contributed by atoms with E-state index in [1.54, 1.807) is 0 Å². The van der Waals surface area contributed by atoms with Gasteiger partial charge in [-0.3, -0.25) is 0 Å². The van der Waals surface area contributed by atoms with E-state index in [0.29, 0.717) is 11.6 Å². The van der Waals surface area contributed by atoms with Crippen LogP contribution in [0.3, 0.4) is 0 Å². The topological polar surface area (TPSA) is 39.1 Å². The number of anilines is 1. The highest BCUT2D eigenvalue weighted by Crippen LogP contribution is 2.22. The van der Waals surface area contributed by atoms with E-state index in [-0.39, 0.29) is 0 Å². The van der Waals surface area contributed by atoms with Crippen molar-refractivity contribution >= 4 is 21.6 Å². The molecule has 0 bridgehead atoms. The van der Waals surface area contributed by atoms with Crippen LogP contribution in [0.5, 0.6) is 0 Å². The molecule has 1 saturated heterocycles. The van der Waals surface area contributed by atoms with Gasteiger partial charge in [0.05, 0.1) is 11.6 Å². The second-order valence-electron chi connectivity index (χ2n) is 4.84. The third-order valence-electron chi connectivity index (χ3n) is 3.36. The largest absolute Gasteiger partial charge is 0.373 e. The minimum absolute atomic E-state index is 0.563. The Morgan fingerprint density at radius 1 is 1.44 bits per heavy atom. The Balaban J connectivity index is 2.05. The Labute approximate surface area is 117 Å². The molecule has 1 aromatic carbocycles. The van der Waals surface area contributed by atoms with Crippen molar-refractivity contribution in [3.8, 4) is 6.07 Å². The highest BCUT2D eigenvalue weighted by molar-refractivity contribution is 9.10. The fourth-order valence-electron chi connectivity index (χ4n) is 2.37. The number of benzene rings is 1. The first-order chi connectivity index (χ1) is 8.69. The third-order valence-corrected chi connectivity index (χ3v) is 3.82. The fourth-order valence-corrected chi connectivity index (χ4v) is 2.86. The molecular formula is C14H18BrN3. The van der Waals surface area contributed by atoms with Gasteiger partial charge in [0, 0.05) is 29.8 Å². The molecule has 1 aromatic rings. The standard InChI is InChI=1S/C14H18BrN3/c1-18(10-13-4-2-3-5-17-13)14-7-11(9-16)6-12(15)8-14/h6-8,13,17H,2-5,10H2,1H3. The van der Waals surface area contributed by atoms with Crippen molar-refractivity contribution in [3.63, 3.8) is 0 Å². The molecule has 4 heteroatoms. The van der Waals surface area contributed by atoms with Crippen LogP contribution >= 0.6 is 15.9 Å². The number of nitrogens with zero attached hydrogens (tertiary/aromatic N) is 2. The van der Waals surface area contributed by atoms with Gasteiger partial charge in [0.15, 0.2) is 0 Å². The molecule has 1 heterocycles. The van der Waals surface area contributed by atoms with Crippen molar-refractivity contribution in [2.45, 2.75) is 25.3 Å². The Hall–Kier alpha value is -1.05. The van der Waals surface area contributed by atoms with Crippen molar-refractivity contribution in [1.82, 2.24) is 5.32 Å². The number of nitriles is 1. The summed E-state index contributed by atoms with van der Waals surface area (Å²) in [5.74, 6) is 0. The number of hydrogen-bond acceptors (Lipinski definition) is 3. The van der Waals surface area contributed by atoms with E-state index in [4.69, 9.17) is 5.26 Å². The molecule has 3 nitrogen and oxygen atoms in total. The number of halogens is 1. The maximum absolute atomic E-state index is 8.99. The van der Waals surface area contributed by atoms with Gasteiger partial charge in [-0.1, -0.05) is 22.4 Å². The molecule has 0 aromatic heterocycles. The Bertz CT molecular complexity index is 447. The van der Waals surface area contributed by atoms with Crippen molar-refractivity contribution in [2.24, 2.45) is 0 Å². The van der Waals surface area contributed by atoms with E-state index >= 15 is 0 Å². The summed E-state index contributed by atoms with van der Waals surface area (Å²) in [5.41, 5.74) is 1.79. The molecule has 0 spiro atoms. The predicted molar refractivity (Wildman–Crippen MR) is 77.8 cm³/mol. The summed E-state index contributed by atoms with van der Waals surface area (Å²) in [4.78, 5) is 2.22. The molecule has 0 saturated carbocycles. The number of rotatable bonds is 3. The van der Waals surface area contributed by atoms with Gasteiger partial charge in [0.25, 0.3) is 0 Å². The minimum Gasteiger partial charge on any atom is -0.373 e. The average molecular weight is 308 g/mol. The molecule has 0 aliphatic carbocycles. The zero-order valence-corrected chi connectivity index (χ0v) is 12.2. The number of hydrogen-bond donors (Lipinski definition) is 1. The SMILES string of the molecule is CN(CC1CCCCN1)c1cc(Br)cc(C#N)c1. The van der Waals surface area contributed by atoms with Gasteiger partial charge in [-0.15, -0.1) is 0 Å². The van der Waals surface area contributed by atoms with E-state index in [0.717, 1.165) is 23.2 Å². The monoisotopic (exact) mass is 307 g/mol. The average Bonchev–Trinajstić information content (AvgIpc) is 2.39. The molecule has 2 rings (SSSR count). The number of likely N-dealkylation sites (N-methyl/N-ethyl adjacent to an activating group) is 1. The second-order valence-corrected chi connectivity index (χ2v) is 5.75. The zero-order chi connectivity index (χ0) is 13.0. The highest BCUT2D eigenvalue weighted by Gasteiger charge is 2.15. The number of nitrogens with one attached hydrogen (secondary N) is 1. The summed E-state index contributed by atoms with van der Waals surface area (Å²) in [5, 5.41) is 12.5. The van der Waals surface area contributed by atoms with Gasteiger partial charge in [0.2, 0.25) is 0 Å². The molecule has 1 N–H and O–H groups in total. The van der Waals surface area contributed by atoms with Crippen LogP contribution in [-0.4, -0.2) is 26.2 Å². The molecule has 1 fully saturated rings. The maximum Gasteiger partial charge on any atom is 0.0992 e. The van der Waals surface area contributed by atoms with Crippen LogP contribution in [-0.2, 0) is 0 Å². The first-order valence-corrected chi connectivity index (χ1v) is 7.13. The predicted octanol–water partition coefficient (Wildman–Crippen LogP) is 2.90. The summed E-state index contributed by atoms with van der Waals surface area (Å²) >= 11 is 3.45. The van der Waals surface area contributed by atoms with Crippen molar-refractivity contribution in [1.29, 1.82) is 5.26 Å². The molecule has 1 aliphatic heterocycles. The second kappa shape index (κ2) is 6.21. The summed E-state index contributed by atoms with van der Waals surface area (Å²) in [6, 6.07) is 8.60. The molecule has 0 amide bonds. The lowest BCUT2D eigenvalue weighted by molar-refractivity contribution is 0.403. The molecule has 96 valence electrons. The molecule has 1 aliphatic rings. The molecule has 0 radical (unpaired) electrons. The smallest absolute Gasteiger partial charge is 0.0992 e. The maximum atomic E-state index is 8.99. The van der Waals surface area contributed by atoms with Gasteiger partial charge in [0.1, 0.15) is 0 Å². The van der Waals surface area contributed by atoms with Gasteiger partial charge >= 0.3 is 0 Å². The van der Waals surface area contributed by atoms with Crippen LogP contribution in [0.2, 0.25) is 0 Å².